The minimum Gasteiger partial charge on any atom is -0.307 e. The fourth-order valence-electron chi connectivity index (χ4n) is 2.26. The van der Waals surface area contributed by atoms with Crippen LogP contribution in [0.5, 0.6) is 0 Å². The van der Waals surface area contributed by atoms with Crippen molar-refractivity contribution in [2.45, 2.75) is 38.3 Å². The Balaban J connectivity index is 1.60. The van der Waals surface area contributed by atoms with E-state index in [9.17, 15) is 0 Å². The van der Waals surface area contributed by atoms with E-state index in [-0.39, 0.29) is 0 Å². The summed E-state index contributed by atoms with van der Waals surface area (Å²) >= 11 is 1.67. The molecule has 1 saturated carbocycles. The fraction of sp³-hybridized carbons (Fsp3) is 0.500. The summed E-state index contributed by atoms with van der Waals surface area (Å²) in [6.07, 6.45) is 5.31. The van der Waals surface area contributed by atoms with Gasteiger partial charge in [-0.3, -0.25) is 5.10 Å². The van der Waals surface area contributed by atoms with Crippen molar-refractivity contribution < 1.29 is 0 Å². The zero-order valence-corrected chi connectivity index (χ0v) is 10.5. The van der Waals surface area contributed by atoms with Gasteiger partial charge in [0.05, 0.1) is 11.4 Å². The molecule has 0 saturated heterocycles. The van der Waals surface area contributed by atoms with Crippen LogP contribution >= 0.6 is 11.3 Å². The molecular formula is C12H16N4S. The lowest BCUT2D eigenvalue weighted by Gasteiger charge is -2.09. The van der Waals surface area contributed by atoms with Gasteiger partial charge in [-0.05, 0) is 24.3 Å². The van der Waals surface area contributed by atoms with Crippen LogP contribution in [0.3, 0.4) is 0 Å². The van der Waals surface area contributed by atoms with E-state index in [1.54, 1.807) is 11.3 Å². The molecule has 5 heteroatoms. The van der Waals surface area contributed by atoms with Gasteiger partial charge >= 0.3 is 0 Å². The monoisotopic (exact) mass is 248 g/mol. The first-order chi connectivity index (χ1) is 8.42. The highest BCUT2D eigenvalue weighted by Crippen LogP contribution is 2.21. The molecule has 0 atom stereocenters. The van der Waals surface area contributed by atoms with Crippen LogP contribution in [0.1, 0.15) is 31.5 Å². The first-order valence-electron chi connectivity index (χ1n) is 6.10. The zero-order valence-electron chi connectivity index (χ0n) is 9.65. The first-order valence-corrected chi connectivity index (χ1v) is 6.98. The van der Waals surface area contributed by atoms with Crippen LogP contribution in [-0.2, 0) is 6.54 Å². The summed E-state index contributed by atoms with van der Waals surface area (Å²) in [6.45, 7) is 0.795. The largest absolute Gasteiger partial charge is 0.307 e. The van der Waals surface area contributed by atoms with Crippen LogP contribution in [0.4, 0.5) is 0 Å². The van der Waals surface area contributed by atoms with Gasteiger partial charge in [0.2, 0.25) is 0 Å². The molecule has 2 heterocycles. The molecule has 0 spiro atoms. The topological polar surface area (TPSA) is 53.6 Å². The van der Waals surface area contributed by atoms with Gasteiger partial charge in [0, 0.05) is 6.04 Å². The van der Waals surface area contributed by atoms with Gasteiger partial charge in [-0.15, -0.1) is 11.3 Å². The van der Waals surface area contributed by atoms with E-state index < -0.39 is 0 Å². The predicted octanol–water partition coefficient (Wildman–Crippen LogP) is 2.57. The van der Waals surface area contributed by atoms with Crippen molar-refractivity contribution in [2.24, 2.45) is 0 Å². The van der Waals surface area contributed by atoms with E-state index in [2.05, 4.69) is 20.5 Å². The molecule has 1 fully saturated rings. The van der Waals surface area contributed by atoms with Crippen molar-refractivity contribution in [3.63, 3.8) is 0 Å². The Bertz CT molecular complexity index is 457. The van der Waals surface area contributed by atoms with Crippen molar-refractivity contribution in [1.82, 2.24) is 20.5 Å². The van der Waals surface area contributed by atoms with Gasteiger partial charge in [0.1, 0.15) is 5.82 Å². The molecule has 2 aromatic heterocycles. The average molecular weight is 248 g/mol. The second-order valence-corrected chi connectivity index (χ2v) is 5.39. The molecule has 1 aliphatic rings. The van der Waals surface area contributed by atoms with Gasteiger partial charge in [0.15, 0.2) is 5.82 Å². The Morgan fingerprint density at radius 1 is 1.41 bits per heavy atom. The van der Waals surface area contributed by atoms with Crippen molar-refractivity contribution in [3.8, 4) is 10.7 Å². The summed E-state index contributed by atoms with van der Waals surface area (Å²) < 4.78 is 0. The summed E-state index contributed by atoms with van der Waals surface area (Å²) in [5.41, 5.74) is 0. The fourth-order valence-corrected chi connectivity index (χ4v) is 2.92. The molecule has 0 aliphatic heterocycles. The molecule has 0 amide bonds. The number of thiophene rings is 1. The number of nitrogens with zero attached hydrogens (tertiary/aromatic N) is 2. The normalized spacial score (nSPS) is 16.7. The maximum Gasteiger partial charge on any atom is 0.191 e. The summed E-state index contributed by atoms with van der Waals surface area (Å²) in [5.74, 6) is 1.74. The summed E-state index contributed by atoms with van der Waals surface area (Å²) in [5, 5.41) is 12.8. The van der Waals surface area contributed by atoms with Crippen molar-refractivity contribution in [3.05, 3.63) is 23.3 Å². The second kappa shape index (κ2) is 4.98. The van der Waals surface area contributed by atoms with E-state index in [0.717, 1.165) is 23.1 Å². The van der Waals surface area contributed by atoms with E-state index >= 15 is 0 Å². The Morgan fingerprint density at radius 3 is 3.06 bits per heavy atom. The Kier molecular flexibility index (Phi) is 3.20. The third-order valence-electron chi connectivity index (χ3n) is 3.19. The van der Waals surface area contributed by atoms with Crippen LogP contribution in [-0.4, -0.2) is 21.2 Å². The number of rotatable bonds is 4. The number of hydrogen-bond donors (Lipinski definition) is 2. The molecular weight excluding hydrogens is 232 g/mol. The SMILES string of the molecule is c1csc(-c2n[nH]c(CNC3CCCC3)n2)c1. The van der Waals surface area contributed by atoms with Crippen LogP contribution in [0.2, 0.25) is 0 Å². The Labute approximate surface area is 104 Å². The lowest BCUT2D eigenvalue weighted by atomic mass is 10.2. The Hall–Kier alpha value is -1.20. The molecule has 0 bridgehead atoms. The van der Waals surface area contributed by atoms with Gasteiger partial charge in [-0.1, -0.05) is 18.9 Å². The van der Waals surface area contributed by atoms with Crippen LogP contribution in [0.25, 0.3) is 10.7 Å². The van der Waals surface area contributed by atoms with E-state index in [1.165, 1.54) is 25.7 Å². The molecule has 3 rings (SSSR count). The molecule has 0 unspecified atom stereocenters. The van der Waals surface area contributed by atoms with E-state index in [0.29, 0.717) is 6.04 Å². The minimum absolute atomic E-state index is 0.672. The first kappa shape index (κ1) is 10.9. The highest BCUT2D eigenvalue weighted by atomic mass is 32.1. The number of nitrogens with one attached hydrogen (secondary N) is 2. The van der Waals surface area contributed by atoms with Crippen LogP contribution in [0.15, 0.2) is 17.5 Å². The van der Waals surface area contributed by atoms with Crippen molar-refractivity contribution in [2.75, 3.05) is 0 Å². The highest BCUT2D eigenvalue weighted by Gasteiger charge is 2.14. The van der Waals surface area contributed by atoms with Crippen LogP contribution < -0.4 is 5.32 Å². The molecule has 90 valence electrons. The lowest BCUT2D eigenvalue weighted by Crippen LogP contribution is -2.25. The lowest BCUT2D eigenvalue weighted by molar-refractivity contribution is 0.514. The second-order valence-electron chi connectivity index (χ2n) is 4.45. The average Bonchev–Trinajstić information content (AvgIpc) is 3.09. The zero-order chi connectivity index (χ0) is 11.5. The predicted molar refractivity (Wildman–Crippen MR) is 68.8 cm³/mol. The van der Waals surface area contributed by atoms with Crippen LogP contribution in [0, 0.1) is 0 Å². The van der Waals surface area contributed by atoms with Crippen molar-refractivity contribution in [1.29, 1.82) is 0 Å². The maximum atomic E-state index is 4.49. The van der Waals surface area contributed by atoms with Crippen molar-refractivity contribution >= 4 is 11.3 Å². The molecule has 4 nitrogen and oxygen atoms in total. The highest BCUT2D eigenvalue weighted by molar-refractivity contribution is 7.13. The number of aromatic nitrogens is 3. The van der Waals surface area contributed by atoms with Gasteiger partial charge in [-0.25, -0.2) is 4.98 Å². The number of hydrogen-bond acceptors (Lipinski definition) is 4. The van der Waals surface area contributed by atoms with E-state index in [1.807, 2.05) is 17.5 Å². The summed E-state index contributed by atoms with van der Waals surface area (Å²) in [6, 6.07) is 4.74. The third kappa shape index (κ3) is 2.56. The molecule has 17 heavy (non-hydrogen) atoms. The Morgan fingerprint density at radius 2 is 2.29 bits per heavy atom. The molecule has 1 aliphatic carbocycles. The number of aromatic amines is 1. The molecule has 2 N–H and O–H groups in total. The maximum absolute atomic E-state index is 4.49. The van der Waals surface area contributed by atoms with Gasteiger partial charge in [0.25, 0.3) is 0 Å². The summed E-state index contributed by atoms with van der Waals surface area (Å²) in [7, 11) is 0. The van der Waals surface area contributed by atoms with Gasteiger partial charge < -0.3 is 5.32 Å². The third-order valence-corrected chi connectivity index (χ3v) is 4.05. The van der Waals surface area contributed by atoms with E-state index in [4.69, 9.17) is 0 Å². The number of H-pyrrole nitrogens is 1. The standard InChI is InChI=1S/C12H16N4S/c1-2-5-9(4-1)13-8-11-14-12(16-15-11)10-6-3-7-17-10/h3,6-7,9,13H,1-2,4-5,8H2,(H,14,15,16). The smallest absolute Gasteiger partial charge is 0.191 e. The molecule has 0 aromatic carbocycles. The molecule has 2 aromatic rings. The summed E-state index contributed by atoms with van der Waals surface area (Å²) in [4.78, 5) is 5.61. The van der Waals surface area contributed by atoms with Gasteiger partial charge in [-0.2, -0.15) is 5.10 Å². The minimum atomic E-state index is 0.672. The quantitative estimate of drug-likeness (QED) is 0.874. The molecule has 0 radical (unpaired) electrons.